The Labute approximate surface area is 116 Å². The van der Waals surface area contributed by atoms with Crippen molar-refractivity contribution in [1.82, 2.24) is 15.6 Å². The van der Waals surface area contributed by atoms with Crippen LogP contribution in [-0.2, 0) is 4.79 Å². The van der Waals surface area contributed by atoms with Crippen molar-refractivity contribution in [3.8, 4) is 0 Å². The van der Waals surface area contributed by atoms with E-state index in [9.17, 15) is 9.59 Å². The van der Waals surface area contributed by atoms with Crippen molar-refractivity contribution in [2.75, 3.05) is 19.3 Å². The van der Waals surface area contributed by atoms with E-state index in [1.165, 1.54) is 6.07 Å². The van der Waals surface area contributed by atoms with Gasteiger partial charge in [0.15, 0.2) is 0 Å². The highest BCUT2D eigenvalue weighted by Gasteiger charge is 2.12. The molecule has 104 valence electrons. The van der Waals surface area contributed by atoms with Crippen molar-refractivity contribution in [3.05, 3.63) is 35.9 Å². The number of benzene rings is 1. The number of carbonyl (C=O) groups is 2. The number of carbonyl (C=O) groups excluding carboxylic acids is 2. The van der Waals surface area contributed by atoms with Crippen LogP contribution < -0.4 is 16.4 Å². The fourth-order valence-electron chi connectivity index (χ4n) is 1.89. The number of nitrogens with two attached hydrogens (primary N) is 1. The molecule has 2 amide bonds. The van der Waals surface area contributed by atoms with Gasteiger partial charge in [0.25, 0.3) is 5.91 Å². The topological polar surface area (TPSA) is 97.1 Å². The fourth-order valence-corrected chi connectivity index (χ4v) is 1.89. The molecule has 0 spiro atoms. The fraction of sp³-hybridized carbons (Fsp3) is 0.214. The Balaban J connectivity index is 2.19. The van der Waals surface area contributed by atoms with E-state index < -0.39 is 0 Å². The van der Waals surface area contributed by atoms with Gasteiger partial charge in [-0.15, -0.1) is 0 Å². The molecule has 0 saturated heterocycles. The molecule has 0 aliphatic carbocycles. The minimum absolute atomic E-state index is 0.121. The van der Waals surface area contributed by atoms with Crippen LogP contribution in [0.15, 0.2) is 30.3 Å². The van der Waals surface area contributed by atoms with Gasteiger partial charge >= 0.3 is 0 Å². The van der Waals surface area contributed by atoms with E-state index in [1.54, 1.807) is 13.1 Å². The van der Waals surface area contributed by atoms with Crippen molar-refractivity contribution >= 4 is 28.5 Å². The zero-order chi connectivity index (χ0) is 14.5. The van der Waals surface area contributed by atoms with Crippen molar-refractivity contribution in [1.29, 1.82) is 0 Å². The van der Waals surface area contributed by atoms with Crippen molar-refractivity contribution in [3.63, 3.8) is 0 Å². The molecule has 4 N–H and O–H groups in total. The van der Waals surface area contributed by atoms with Gasteiger partial charge in [-0.05, 0) is 12.1 Å². The van der Waals surface area contributed by atoms with Crippen LogP contribution in [0.5, 0.6) is 0 Å². The van der Waals surface area contributed by atoms with E-state index >= 15 is 0 Å². The van der Waals surface area contributed by atoms with E-state index in [2.05, 4.69) is 15.6 Å². The molecule has 2 rings (SSSR count). The molecule has 20 heavy (non-hydrogen) atoms. The second-order valence-corrected chi connectivity index (χ2v) is 4.29. The lowest BCUT2D eigenvalue weighted by Crippen LogP contribution is -2.29. The Morgan fingerprint density at radius 2 is 2.05 bits per heavy atom. The van der Waals surface area contributed by atoms with Gasteiger partial charge in [0.2, 0.25) is 5.91 Å². The van der Waals surface area contributed by atoms with Gasteiger partial charge in [0.1, 0.15) is 5.82 Å². The molecule has 0 bridgehead atoms. The van der Waals surface area contributed by atoms with Gasteiger partial charge in [-0.3, -0.25) is 9.59 Å². The Kier molecular flexibility index (Phi) is 4.14. The van der Waals surface area contributed by atoms with Gasteiger partial charge in [-0.1, -0.05) is 18.2 Å². The normalized spacial score (nSPS) is 10.2. The monoisotopic (exact) mass is 272 g/mol. The number of nitrogens with zero attached hydrogens (tertiary/aromatic N) is 1. The lowest BCUT2D eigenvalue weighted by atomic mass is 10.1. The first-order valence-corrected chi connectivity index (χ1v) is 6.26. The number of anilines is 1. The predicted molar refractivity (Wildman–Crippen MR) is 77.2 cm³/mol. The second-order valence-electron chi connectivity index (χ2n) is 4.29. The summed E-state index contributed by atoms with van der Waals surface area (Å²) in [7, 11) is 1.56. The van der Waals surface area contributed by atoms with E-state index in [-0.39, 0.29) is 24.8 Å². The zero-order valence-electron chi connectivity index (χ0n) is 11.1. The summed E-state index contributed by atoms with van der Waals surface area (Å²) >= 11 is 0. The summed E-state index contributed by atoms with van der Waals surface area (Å²) in [5, 5.41) is 5.93. The van der Waals surface area contributed by atoms with Crippen LogP contribution >= 0.6 is 0 Å². The molecule has 0 radical (unpaired) electrons. The maximum absolute atomic E-state index is 12.2. The number of rotatable bonds is 4. The number of nitrogens with one attached hydrogen (secondary N) is 2. The number of aromatic nitrogens is 1. The van der Waals surface area contributed by atoms with Crippen molar-refractivity contribution in [2.24, 2.45) is 0 Å². The zero-order valence-corrected chi connectivity index (χ0v) is 11.1. The van der Waals surface area contributed by atoms with Crippen LogP contribution in [0.25, 0.3) is 10.9 Å². The Morgan fingerprint density at radius 3 is 2.80 bits per heavy atom. The molecule has 0 atom stereocenters. The lowest BCUT2D eigenvalue weighted by Gasteiger charge is -2.08. The quantitative estimate of drug-likeness (QED) is 0.762. The van der Waals surface area contributed by atoms with E-state index in [4.69, 9.17) is 5.73 Å². The molecule has 0 fully saturated rings. The first-order chi connectivity index (χ1) is 9.61. The number of amides is 2. The van der Waals surface area contributed by atoms with Crippen LogP contribution in [0.1, 0.15) is 16.8 Å². The van der Waals surface area contributed by atoms with E-state index in [1.807, 2.05) is 18.2 Å². The summed E-state index contributed by atoms with van der Waals surface area (Å²) in [6.45, 7) is 0.273. The Hall–Kier alpha value is -2.63. The smallest absolute Gasteiger partial charge is 0.252 e. The molecule has 0 unspecified atom stereocenters. The van der Waals surface area contributed by atoms with Crippen LogP contribution in [0.3, 0.4) is 0 Å². The van der Waals surface area contributed by atoms with E-state index in [0.29, 0.717) is 16.9 Å². The molecule has 1 heterocycles. The van der Waals surface area contributed by atoms with Gasteiger partial charge in [0.05, 0.1) is 11.1 Å². The maximum Gasteiger partial charge on any atom is 0.252 e. The van der Waals surface area contributed by atoms with Gasteiger partial charge < -0.3 is 16.4 Å². The summed E-state index contributed by atoms with van der Waals surface area (Å²) in [5.41, 5.74) is 6.84. The minimum Gasteiger partial charge on any atom is -0.384 e. The van der Waals surface area contributed by atoms with Gasteiger partial charge in [-0.25, -0.2) is 4.98 Å². The summed E-state index contributed by atoms with van der Waals surface area (Å²) < 4.78 is 0. The van der Waals surface area contributed by atoms with Crippen molar-refractivity contribution < 1.29 is 9.59 Å². The molecule has 0 aliphatic rings. The second kappa shape index (κ2) is 6.01. The Bertz CT molecular complexity index is 655. The average molecular weight is 272 g/mol. The maximum atomic E-state index is 12.2. The minimum atomic E-state index is -0.265. The van der Waals surface area contributed by atoms with E-state index in [0.717, 1.165) is 5.39 Å². The molecular weight excluding hydrogens is 256 g/mol. The molecule has 6 heteroatoms. The third-order valence-corrected chi connectivity index (χ3v) is 2.90. The average Bonchev–Trinajstić information content (AvgIpc) is 2.45. The molecule has 6 nitrogen and oxygen atoms in total. The number of para-hydroxylation sites is 1. The summed E-state index contributed by atoms with van der Waals surface area (Å²) in [5.74, 6) is -0.0937. The lowest BCUT2D eigenvalue weighted by molar-refractivity contribution is -0.120. The highest BCUT2D eigenvalue weighted by molar-refractivity contribution is 6.06. The van der Waals surface area contributed by atoms with Gasteiger partial charge in [-0.2, -0.15) is 0 Å². The number of hydrogen-bond acceptors (Lipinski definition) is 4. The van der Waals surface area contributed by atoms with Gasteiger partial charge in [0, 0.05) is 25.4 Å². The number of pyridine rings is 1. The van der Waals surface area contributed by atoms with Crippen molar-refractivity contribution in [2.45, 2.75) is 6.42 Å². The molecule has 2 aromatic rings. The SMILES string of the molecule is CNC(=O)CCNC(=O)c1cc(N)nc2ccccc12. The number of nitrogen functional groups attached to an aromatic ring is 1. The van der Waals surface area contributed by atoms with Crippen LogP contribution in [-0.4, -0.2) is 30.4 Å². The van der Waals surface area contributed by atoms with Crippen LogP contribution in [0.2, 0.25) is 0 Å². The first-order valence-electron chi connectivity index (χ1n) is 6.26. The number of fused-ring (bicyclic) bond motifs is 1. The van der Waals surface area contributed by atoms with Crippen LogP contribution in [0.4, 0.5) is 5.82 Å². The number of hydrogen-bond donors (Lipinski definition) is 3. The third kappa shape index (κ3) is 3.03. The Morgan fingerprint density at radius 1 is 1.30 bits per heavy atom. The predicted octanol–water partition coefficient (Wildman–Crippen LogP) is 0.683. The molecule has 1 aromatic heterocycles. The van der Waals surface area contributed by atoms with Crippen LogP contribution in [0, 0.1) is 0 Å². The molecular formula is C14H16N4O2. The standard InChI is InChI=1S/C14H16N4O2/c1-16-13(19)6-7-17-14(20)10-8-12(15)18-11-5-3-2-4-9(10)11/h2-5,8H,6-7H2,1H3,(H2,15,18)(H,16,19)(H,17,20). The third-order valence-electron chi connectivity index (χ3n) is 2.90. The highest BCUT2D eigenvalue weighted by atomic mass is 16.2. The molecule has 0 saturated carbocycles. The molecule has 0 aliphatic heterocycles. The highest BCUT2D eigenvalue weighted by Crippen LogP contribution is 2.19. The summed E-state index contributed by atoms with van der Waals surface area (Å²) in [6, 6.07) is 8.82. The largest absolute Gasteiger partial charge is 0.384 e. The summed E-state index contributed by atoms with van der Waals surface area (Å²) in [6.07, 6.45) is 0.237. The summed E-state index contributed by atoms with van der Waals surface area (Å²) in [4.78, 5) is 27.4. The first kappa shape index (κ1) is 13.8. The molecule has 1 aromatic carbocycles.